The number of carbonyl (C=O) groups excluding carboxylic acids is 2. The average Bonchev–Trinajstić information content (AvgIpc) is 3.02. The molecule has 0 radical (unpaired) electrons. The van der Waals surface area contributed by atoms with E-state index in [4.69, 9.17) is 18.9 Å². The highest BCUT2D eigenvalue weighted by Gasteiger charge is 2.36. The molecule has 0 spiro atoms. The first-order chi connectivity index (χ1) is 20.4. The van der Waals surface area contributed by atoms with E-state index in [0.717, 1.165) is 54.6 Å². The summed E-state index contributed by atoms with van der Waals surface area (Å²) in [4.78, 5) is 22.3. The van der Waals surface area contributed by atoms with Crippen molar-refractivity contribution < 1.29 is 46.1 Å². The van der Waals surface area contributed by atoms with Crippen molar-refractivity contribution in [3.05, 3.63) is 120 Å². The van der Waals surface area contributed by atoms with Crippen LogP contribution in [0.3, 0.4) is 0 Å². The van der Waals surface area contributed by atoms with Gasteiger partial charge >= 0.3 is 24.2 Å². The van der Waals surface area contributed by atoms with E-state index in [-0.39, 0.29) is 30.3 Å². The van der Waals surface area contributed by atoms with E-state index < -0.39 is 35.3 Å². The van der Waals surface area contributed by atoms with Gasteiger partial charge < -0.3 is 18.9 Å². The van der Waals surface area contributed by atoms with Crippen LogP contribution in [0, 0.1) is 6.92 Å². The molecule has 0 fully saturated rings. The fraction of sp³-hybridized carbons (Fsp3) is 0.273. The number of halogens is 4. The second-order valence-electron chi connectivity index (χ2n) is 8.18. The van der Waals surface area contributed by atoms with Gasteiger partial charge in [0, 0.05) is 12.2 Å². The summed E-state index contributed by atoms with van der Waals surface area (Å²) >= 11 is 0. The monoisotopic (exact) mass is 604 g/mol. The maximum Gasteiger partial charge on any atom is 0.426 e. The Morgan fingerprint density at radius 1 is 0.674 bits per heavy atom. The first kappa shape index (κ1) is 36.4. The van der Waals surface area contributed by atoms with Crippen molar-refractivity contribution in [1.29, 1.82) is 0 Å². The maximum absolute atomic E-state index is 14.8. The largest absolute Gasteiger partial charge is 0.458 e. The first-order valence-electron chi connectivity index (χ1n) is 13.4. The van der Waals surface area contributed by atoms with Gasteiger partial charge in [-0.3, -0.25) is 0 Å². The molecule has 0 aromatic heterocycles. The Morgan fingerprint density at radius 2 is 1.07 bits per heavy atom. The second kappa shape index (κ2) is 17.4. The van der Waals surface area contributed by atoms with Crippen molar-refractivity contribution in [3.63, 3.8) is 0 Å². The molecule has 43 heavy (non-hydrogen) atoms. The molecule has 0 aliphatic heterocycles. The Morgan fingerprint density at radius 3 is 1.44 bits per heavy atom. The van der Waals surface area contributed by atoms with Crippen molar-refractivity contribution in [2.24, 2.45) is 0 Å². The van der Waals surface area contributed by atoms with E-state index in [1.54, 1.807) is 0 Å². The predicted molar refractivity (Wildman–Crippen MR) is 156 cm³/mol. The number of hydrogen-bond donors (Lipinski definition) is 0. The van der Waals surface area contributed by atoms with Crippen LogP contribution in [0.15, 0.2) is 92.0 Å². The highest BCUT2D eigenvalue weighted by molar-refractivity contribution is 5.81. The van der Waals surface area contributed by atoms with E-state index >= 15 is 0 Å². The lowest BCUT2D eigenvalue weighted by atomic mass is 10.1. The molecule has 3 rings (SSSR count). The van der Waals surface area contributed by atoms with Gasteiger partial charge in [0.2, 0.25) is 0 Å². The van der Waals surface area contributed by atoms with Crippen LogP contribution in [-0.4, -0.2) is 11.9 Å². The molecular weight excluding hydrogens is 568 g/mol. The molecule has 0 heterocycles. The number of ether oxygens (including phenoxy) is 4. The fourth-order valence-corrected chi connectivity index (χ4v) is 3.22. The quantitative estimate of drug-likeness (QED) is 0.117. The molecule has 0 atom stereocenters. The molecule has 6 nitrogen and oxygen atoms in total. The van der Waals surface area contributed by atoms with Gasteiger partial charge in [0.1, 0.15) is 24.7 Å². The normalized spacial score (nSPS) is 10.5. The lowest BCUT2D eigenvalue weighted by molar-refractivity contribution is -0.188. The van der Waals surface area contributed by atoms with Crippen LogP contribution >= 0.6 is 0 Å². The third kappa shape index (κ3) is 11.3. The summed E-state index contributed by atoms with van der Waals surface area (Å²) in [7, 11) is 0. The van der Waals surface area contributed by atoms with Gasteiger partial charge in [-0.2, -0.15) is 17.6 Å². The number of esters is 2. The Hall–Kier alpha value is -4.60. The van der Waals surface area contributed by atoms with E-state index in [2.05, 4.69) is 13.2 Å². The Labute approximate surface area is 249 Å². The molecule has 232 valence electrons. The maximum atomic E-state index is 14.8. The summed E-state index contributed by atoms with van der Waals surface area (Å²) in [5.41, 5.74) is 0.169. The topological polar surface area (TPSA) is 71.1 Å². The zero-order valence-electron chi connectivity index (χ0n) is 24.8. The van der Waals surface area contributed by atoms with Crippen molar-refractivity contribution >= 4 is 11.9 Å². The van der Waals surface area contributed by atoms with Crippen LogP contribution in [0.2, 0.25) is 0 Å². The third-order valence-electron chi connectivity index (χ3n) is 5.31. The molecule has 0 saturated heterocycles. The third-order valence-corrected chi connectivity index (χ3v) is 5.31. The zero-order chi connectivity index (χ0) is 32.6. The second-order valence-corrected chi connectivity index (χ2v) is 8.18. The Kier molecular flexibility index (Phi) is 14.7. The summed E-state index contributed by atoms with van der Waals surface area (Å²) in [6.45, 7) is 15.7. The van der Waals surface area contributed by atoms with Gasteiger partial charge in [0.15, 0.2) is 0 Å². The predicted octanol–water partition coefficient (Wildman–Crippen LogP) is 8.76. The lowest BCUT2D eigenvalue weighted by Gasteiger charge is -2.22. The van der Waals surface area contributed by atoms with Gasteiger partial charge in [-0.15, -0.1) is 0 Å². The SMILES string of the molecule is C=CC(=O)OCc1ccc(C(F)(F)Oc2ccc(OC(F)(F)c3ccc(COC(=O)C=C)cc3)c(C)c2)cc1.CC.CC. The standard InChI is InChI=1S/C29H24F4O6.2C2H6/c1-4-26(34)36-17-20-6-10-22(11-7-20)28(30,31)38-24-14-15-25(19(3)16-24)39-29(32,33)23-12-8-21(9-13-23)18-37-27(35)5-2;2*1-2/h4-16H,1-2,17-18H2,3H3;2*1-2H3. The van der Waals surface area contributed by atoms with Crippen LogP contribution in [0.1, 0.15) is 55.5 Å². The van der Waals surface area contributed by atoms with Crippen LogP contribution < -0.4 is 9.47 Å². The smallest absolute Gasteiger partial charge is 0.426 e. The molecule has 0 aliphatic rings. The van der Waals surface area contributed by atoms with Gasteiger partial charge in [-0.1, -0.05) is 65.1 Å². The number of benzene rings is 3. The number of carbonyl (C=O) groups is 2. The molecule has 0 bridgehead atoms. The van der Waals surface area contributed by atoms with Crippen molar-refractivity contribution in [2.75, 3.05) is 0 Å². The van der Waals surface area contributed by atoms with Crippen LogP contribution in [-0.2, 0) is 44.5 Å². The summed E-state index contributed by atoms with van der Waals surface area (Å²) in [5, 5.41) is 0. The Bertz CT molecular complexity index is 1340. The number of hydrogen-bond acceptors (Lipinski definition) is 6. The molecule has 0 saturated carbocycles. The van der Waals surface area contributed by atoms with Crippen molar-refractivity contribution in [2.45, 2.75) is 60.0 Å². The zero-order valence-corrected chi connectivity index (χ0v) is 24.8. The molecule has 0 N–H and O–H groups in total. The highest BCUT2D eigenvalue weighted by atomic mass is 19.3. The molecule has 0 amide bonds. The van der Waals surface area contributed by atoms with E-state index in [1.807, 2.05) is 27.7 Å². The number of aryl methyl sites for hydroxylation is 1. The van der Waals surface area contributed by atoms with Crippen LogP contribution in [0.5, 0.6) is 11.5 Å². The van der Waals surface area contributed by atoms with E-state index in [0.29, 0.717) is 11.1 Å². The number of rotatable bonds is 12. The van der Waals surface area contributed by atoms with Gasteiger partial charge in [-0.25, -0.2) is 9.59 Å². The molecule has 10 heteroatoms. The van der Waals surface area contributed by atoms with E-state index in [9.17, 15) is 27.2 Å². The molecule has 0 aliphatic carbocycles. The summed E-state index contributed by atoms with van der Waals surface area (Å²) < 4.78 is 78.4. The first-order valence-corrected chi connectivity index (χ1v) is 13.4. The highest BCUT2D eigenvalue weighted by Crippen LogP contribution is 2.37. The number of alkyl halides is 4. The van der Waals surface area contributed by atoms with Gasteiger partial charge in [0.05, 0.1) is 11.1 Å². The average molecular weight is 605 g/mol. The van der Waals surface area contributed by atoms with Crippen LogP contribution in [0.25, 0.3) is 0 Å². The minimum absolute atomic E-state index is 0.113. The molecular formula is C33H36F4O6. The van der Waals surface area contributed by atoms with Crippen LogP contribution in [0.4, 0.5) is 17.6 Å². The van der Waals surface area contributed by atoms with E-state index in [1.165, 1.54) is 31.2 Å². The fourth-order valence-electron chi connectivity index (χ4n) is 3.22. The van der Waals surface area contributed by atoms with Crippen molar-refractivity contribution in [3.8, 4) is 11.5 Å². The Balaban J connectivity index is 0.00000221. The minimum Gasteiger partial charge on any atom is -0.458 e. The van der Waals surface area contributed by atoms with Gasteiger partial charge in [0.25, 0.3) is 0 Å². The minimum atomic E-state index is -3.74. The summed E-state index contributed by atoms with van der Waals surface area (Å²) in [5.74, 6) is -1.79. The van der Waals surface area contributed by atoms with Gasteiger partial charge in [-0.05, 0) is 66.1 Å². The molecule has 0 unspecified atom stereocenters. The molecule has 3 aromatic carbocycles. The van der Waals surface area contributed by atoms with Crippen molar-refractivity contribution in [1.82, 2.24) is 0 Å². The molecule has 3 aromatic rings. The summed E-state index contributed by atoms with van der Waals surface area (Å²) in [6.07, 6.45) is -5.51. The lowest BCUT2D eigenvalue weighted by Crippen LogP contribution is -2.23. The summed E-state index contributed by atoms with van der Waals surface area (Å²) in [6, 6.07) is 13.3.